The van der Waals surface area contributed by atoms with Crippen molar-refractivity contribution >= 4 is 29.9 Å². The van der Waals surface area contributed by atoms with Crippen LogP contribution in [0.2, 0.25) is 0 Å². The fourth-order valence-electron chi connectivity index (χ4n) is 3.34. The van der Waals surface area contributed by atoms with E-state index in [0.29, 0.717) is 25.2 Å². The van der Waals surface area contributed by atoms with Gasteiger partial charge in [-0.25, -0.2) is 4.99 Å². The summed E-state index contributed by atoms with van der Waals surface area (Å²) in [6.07, 6.45) is 0. The van der Waals surface area contributed by atoms with Crippen molar-refractivity contribution in [3.05, 3.63) is 29.3 Å². The number of hydrogen-bond acceptors (Lipinski definition) is 4. The molecule has 1 aromatic rings. The highest BCUT2D eigenvalue weighted by atomic mass is 127. The zero-order valence-electron chi connectivity index (χ0n) is 18.0. The maximum atomic E-state index is 5.77. The maximum Gasteiger partial charge on any atom is 0.191 e. The molecule has 1 aromatic carbocycles. The van der Waals surface area contributed by atoms with Crippen LogP contribution in [0, 0.1) is 6.92 Å². The van der Waals surface area contributed by atoms with E-state index >= 15 is 0 Å². The molecule has 0 saturated carbocycles. The summed E-state index contributed by atoms with van der Waals surface area (Å²) in [5.74, 6) is 1.76. The van der Waals surface area contributed by atoms with Gasteiger partial charge in [0.05, 0.1) is 26.4 Å². The molecule has 0 amide bonds. The summed E-state index contributed by atoms with van der Waals surface area (Å²) in [5, 5.41) is 6.83. The Balaban J connectivity index is 0.00000392. The van der Waals surface area contributed by atoms with Gasteiger partial charge in [-0.15, -0.1) is 24.0 Å². The number of hydrogen-bond donors (Lipinski definition) is 2. The van der Waals surface area contributed by atoms with Crippen molar-refractivity contribution in [1.82, 2.24) is 15.5 Å². The number of morpholine rings is 1. The molecule has 0 aromatic heterocycles. The summed E-state index contributed by atoms with van der Waals surface area (Å²) >= 11 is 0. The van der Waals surface area contributed by atoms with Gasteiger partial charge >= 0.3 is 0 Å². The minimum absolute atomic E-state index is 0. The lowest BCUT2D eigenvalue weighted by atomic mass is 10.1. The predicted molar refractivity (Wildman–Crippen MR) is 127 cm³/mol. The van der Waals surface area contributed by atoms with Crippen LogP contribution in [0.4, 0.5) is 0 Å². The second-order valence-corrected chi connectivity index (χ2v) is 7.13. The topological polar surface area (TPSA) is 58.1 Å². The molecule has 0 spiro atoms. The molecule has 6 nitrogen and oxygen atoms in total. The minimum atomic E-state index is 0. The Morgan fingerprint density at radius 2 is 2.14 bits per heavy atom. The highest BCUT2D eigenvalue weighted by Gasteiger charge is 2.23. The lowest BCUT2D eigenvalue weighted by Gasteiger charge is -2.38. The quantitative estimate of drug-likeness (QED) is 0.324. The van der Waals surface area contributed by atoms with E-state index < -0.39 is 0 Å². The molecule has 1 saturated heterocycles. The average molecular weight is 504 g/mol. The summed E-state index contributed by atoms with van der Waals surface area (Å²) in [6, 6.07) is 7.17. The third-order valence-electron chi connectivity index (χ3n) is 4.82. The first-order chi connectivity index (χ1) is 13.0. The Morgan fingerprint density at radius 3 is 2.82 bits per heavy atom. The van der Waals surface area contributed by atoms with Crippen LogP contribution in [0.25, 0.3) is 0 Å². The lowest BCUT2D eigenvalue weighted by molar-refractivity contribution is -0.0174. The number of nitrogens with one attached hydrogen (secondary N) is 2. The standard InChI is InChI=1S/C21H36N4O2.HI/c1-6-22-21(23-13-17(4)25-10-11-26-15-18(25)5)24-14-19-9-8-16(3)12-20(19)27-7-2;/h8-9,12,17-18H,6-7,10-11,13-15H2,1-5H3,(H2,22,23,24);1H. The summed E-state index contributed by atoms with van der Waals surface area (Å²) in [4.78, 5) is 7.26. The predicted octanol–water partition coefficient (Wildman–Crippen LogP) is 3.18. The Hall–Kier alpha value is -1.06. The zero-order chi connectivity index (χ0) is 19.6. The molecule has 0 radical (unpaired) electrons. The summed E-state index contributed by atoms with van der Waals surface area (Å²) in [7, 11) is 0. The largest absolute Gasteiger partial charge is 0.494 e. The van der Waals surface area contributed by atoms with Gasteiger partial charge in [0.2, 0.25) is 0 Å². The maximum absolute atomic E-state index is 5.77. The van der Waals surface area contributed by atoms with E-state index in [2.05, 4.69) is 61.4 Å². The Labute approximate surface area is 187 Å². The number of guanidine groups is 1. The number of rotatable bonds is 8. The van der Waals surface area contributed by atoms with Crippen LogP contribution in [0.3, 0.4) is 0 Å². The van der Waals surface area contributed by atoms with Gasteiger partial charge in [-0.2, -0.15) is 0 Å². The first kappa shape index (κ1) is 25.0. The minimum Gasteiger partial charge on any atom is -0.494 e. The Morgan fingerprint density at radius 1 is 1.36 bits per heavy atom. The van der Waals surface area contributed by atoms with Gasteiger partial charge in [-0.05, 0) is 46.2 Å². The molecule has 1 fully saturated rings. The number of aryl methyl sites for hydroxylation is 1. The van der Waals surface area contributed by atoms with Crippen LogP contribution in [-0.2, 0) is 11.3 Å². The number of ether oxygens (including phenoxy) is 2. The van der Waals surface area contributed by atoms with Gasteiger partial charge < -0.3 is 20.1 Å². The first-order valence-corrected chi connectivity index (χ1v) is 10.1. The molecule has 2 rings (SSSR count). The number of nitrogens with zero attached hydrogens (tertiary/aromatic N) is 2. The van der Waals surface area contributed by atoms with Crippen molar-refractivity contribution in [3.63, 3.8) is 0 Å². The number of benzene rings is 1. The van der Waals surface area contributed by atoms with Gasteiger partial charge in [-0.3, -0.25) is 4.90 Å². The highest BCUT2D eigenvalue weighted by molar-refractivity contribution is 14.0. The second kappa shape index (κ2) is 13.2. The molecule has 28 heavy (non-hydrogen) atoms. The van der Waals surface area contributed by atoms with E-state index in [0.717, 1.165) is 50.1 Å². The van der Waals surface area contributed by atoms with Crippen molar-refractivity contribution in [2.45, 2.75) is 53.2 Å². The van der Waals surface area contributed by atoms with E-state index in [1.54, 1.807) is 0 Å². The van der Waals surface area contributed by atoms with Crippen LogP contribution < -0.4 is 15.4 Å². The normalized spacial score (nSPS) is 18.9. The molecule has 2 unspecified atom stereocenters. The highest BCUT2D eigenvalue weighted by Crippen LogP contribution is 2.21. The Bertz CT molecular complexity index is 612. The summed E-state index contributed by atoms with van der Waals surface area (Å²) in [6.45, 7) is 16.2. The van der Waals surface area contributed by atoms with E-state index in [1.165, 1.54) is 5.56 Å². The third kappa shape index (κ3) is 7.75. The molecule has 2 atom stereocenters. The molecular formula is C21H37IN4O2. The Kier molecular flexibility index (Phi) is 11.8. The fourth-order valence-corrected chi connectivity index (χ4v) is 3.34. The fraction of sp³-hybridized carbons (Fsp3) is 0.667. The van der Waals surface area contributed by atoms with Gasteiger partial charge in [0.25, 0.3) is 0 Å². The van der Waals surface area contributed by atoms with Crippen LogP contribution in [0.15, 0.2) is 23.2 Å². The van der Waals surface area contributed by atoms with Gasteiger partial charge in [0.1, 0.15) is 5.75 Å². The number of aliphatic imine (C=N–C) groups is 1. The molecule has 1 aliphatic heterocycles. The monoisotopic (exact) mass is 504 g/mol. The van der Waals surface area contributed by atoms with Crippen LogP contribution in [-0.4, -0.2) is 62.4 Å². The molecule has 2 N–H and O–H groups in total. The van der Waals surface area contributed by atoms with Crippen molar-refractivity contribution in [2.75, 3.05) is 39.5 Å². The van der Waals surface area contributed by atoms with Crippen molar-refractivity contribution in [3.8, 4) is 5.75 Å². The van der Waals surface area contributed by atoms with Crippen molar-refractivity contribution < 1.29 is 9.47 Å². The van der Waals surface area contributed by atoms with Crippen molar-refractivity contribution in [1.29, 1.82) is 0 Å². The van der Waals surface area contributed by atoms with E-state index in [1.807, 2.05) is 6.92 Å². The summed E-state index contributed by atoms with van der Waals surface area (Å²) < 4.78 is 11.3. The van der Waals surface area contributed by atoms with Gasteiger partial charge in [0, 0.05) is 37.3 Å². The average Bonchev–Trinajstić information content (AvgIpc) is 2.65. The summed E-state index contributed by atoms with van der Waals surface area (Å²) in [5.41, 5.74) is 2.30. The number of halogens is 1. The molecule has 0 aliphatic carbocycles. The van der Waals surface area contributed by atoms with E-state index in [-0.39, 0.29) is 24.0 Å². The van der Waals surface area contributed by atoms with Crippen molar-refractivity contribution in [2.24, 2.45) is 4.99 Å². The second-order valence-electron chi connectivity index (χ2n) is 7.13. The molecule has 7 heteroatoms. The third-order valence-corrected chi connectivity index (χ3v) is 4.82. The van der Waals surface area contributed by atoms with Gasteiger partial charge in [-0.1, -0.05) is 12.1 Å². The molecule has 1 aliphatic rings. The van der Waals surface area contributed by atoms with Gasteiger partial charge in [0.15, 0.2) is 5.96 Å². The van der Waals surface area contributed by atoms with E-state index in [4.69, 9.17) is 14.5 Å². The lowest BCUT2D eigenvalue weighted by Crippen LogP contribution is -2.53. The smallest absolute Gasteiger partial charge is 0.191 e. The molecule has 160 valence electrons. The van der Waals surface area contributed by atoms with Crippen LogP contribution in [0.5, 0.6) is 5.75 Å². The molecular weight excluding hydrogens is 467 g/mol. The van der Waals surface area contributed by atoms with Crippen LogP contribution >= 0.6 is 24.0 Å². The molecule has 0 bridgehead atoms. The SMILES string of the molecule is CCNC(=NCc1ccc(C)cc1OCC)NCC(C)N1CCOCC1C.I. The van der Waals surface area contributed by atoms with Crippen LogP contribution in [0.1, 0.15) is 38.8 Å². The molecule has 1 heterocycles. The first-order valence-electron chi connectivity index (χ1n) is 10.1. The zero-order valence-corrected chi connectivity index (χ0v) is 20.3. The van der Waals surface area contributed by atoms with E-state index in [9.17, 15) is 0 Å².